The summed E-state index contributed by atoms with van der Waals surface area (Å²) < 4.78 is 0. The minimum absolute atomic E-state index is 0.751. The Morgan fingerprint density at radius 3 is 2.93 bits per heavy atom. The van der Waals surface area contributed by atoms with Crippen molar-refractivity contribution in [3.63, 3.8) is 0 Å². The van der Waals surface area contributed by atoms with E-state index in [9.17, 15) is 0 Å². The van der Waals surface area contributed by atoms with Crippen molar-refractivity contribution in [1.82, 2.24) is 0 Å². The van der Waals surface area contributed by atoms with E-state index in [1.54, 1.807) is 0 Å². The van der Waals surface area contributed by atoms with E-state index in [4.69, 9.17) is 0 Å². The van der Waals surface area contributed by atoms with Crippen LogP contribution >= 0.6 is 0 Å². The van der Waals surface area contributed by atoms with Crippen molar-refractivity contribution in [3.8, 4) is 0 Å². The van der Waals surface area contributed by atoms with Crippen LogP contribution in [0, 0.1) is 5.92 Å². The van der Waals surface area contributed by atoms with Crippen LogP contribution in [-0.2, 0) is 12.8 Å². The minimum Gasteiger partial charge on any atom is -0.0836 e. The Bertz CT molecular complexity index is 345. The predicted molar refractivity (Wildman–Crippen MR) is 62.3 cm³/mol. The number of hydrogen-bond donors (Lipinski definition) is 0. The Balaban J connectivity index is 2.26. The van der Waals surface area contributed by atoms with Crippen LogP contribution in [0.25, 0.3) is 6.08 Å². The summed E-state index contributed by atoms with van der Waals surface area (Å²) in [6, 6.07) is 6.94. The van der Waals surface area contributed by atoms with Crippen molar-refractivity contribution in [2.75, 3.05) is 0 Å². The molecule has 0 saturated carbocycles. The van der Waals surface area contributed by atoms with Gasteiger partial charge in [-0.05, 0) is 41.9 Å². The highest BCUT2D eigenvalue weighted by molar-refractivity contribution is 5.57. The molecule has 0 bridgehead atoms. The average molecular weight is 186 g/mol. The van der Waals surface area contributed by atoms with E-state index in [1.165, 1.54) is 36.0 Å². The van der Waals surface area contributed by atoms with E-state index in [-0.39, 0.29) is 0 Å². The number of fused-ring (bicyclic) bond motifs is 1. The molecule has 0 fully saturated rings. The smallest absolute Gasteiger partial charge is 0.0225 e. The van der Waals surface area contributed by atoms with Crippen LogP contribution in [0.4, 0.5) is 0 Å². The lowest BCUT2D eigenvalue weighted by atomic mass is 9.93. The Kier molecular flexibility index (Phi) is 2.72. The third-order valence-corrected chi connectivity index (χ3v) is 2.73. The van der Waals surface area contributed by atoms with E-state index in [1.807, 2.05) is 0 Å². The normalized spacial score (nSPS) is 14.5. The lowest BCUT2D eigenvalue weighted by molar-refractivity contribution is 0.647. The molecule has 0 amide bonds. The van der Waals surface area contributed by atoms with Gasteiger partial charge >= 0.3 is 0 Å². The molecule has 0 unspecified atom stereocenters. The second-order valence-electron chi connectivity index (χ2n) is 4.57. The van der Waals surface area contributed by atoms with Crippen LogP contribution in [0.3, 0.4) is 0 Å². The third kappa shape index (κ3) is 2.06. The van der Waals surface area contributed by atoms with Crippen LogP contribution in [0.5, 0.6) is 0 Å². The van der Waals surface area contributed by atoms with Gasteiger partial charge in [-0.3, -0.25) is 0 Å². The molecule has 0 spiro atoms. The molecule has 1 aromatic carbocycles. The zero-order valence-corrected chi connectivity index (χ0v) is 9.09. The van der Waals surface area contributed by atoms with Crippen LogP contribution < -0.4 is 0 Å². The highest BCUT2D eigenvalue weighted by Crippen LogP contribution is 2.21. The SMILES string of the molecule is CC(C)Cc1ccc2c(c1)C=CCC2. The van der Waals surface area contributed by atoms with E-state index >= 15 is 0 Å². The van der Waals surface area contributed by atoms with Crippen molar-refractivity contribution in [2.24, 2.45) is 5.92 Å². The molecular weight excluding hydrogens is 168 g/mol. The first kappa shape index (κ1) is 9.51. The third-order valence-electron chi connectivity index (χ3n) is 2.73. The molecular formula is C14H18. The number of benzene rings is 1. The minimum atomic E-state index is 0.751. The van der Waals surface area contributed by atoms with Gasteiger partial charge in [0, 0.05) is 0 Å². The van der Waals surface area contributed by atoms with E-state index in [0.29, 0.717) is 0 Å². The maximum Gasteiger partial charge on any atom is -0.0225 e. The highest BCUT2D eigenvalue weighted by Gasteiger charge is 2.05. The van der Waals surface area contributed by atoms with Gasteiger partial charge in [-0.15, -0.1) is 0 Å². The van der Waals surface area contributed by atoms with Crippen molar-refractivity contribution < 1.29 is 0 Å². The summed E-state index contributed by atoms with van der Waals surface area (Å²) in [6.45, 7) is 4.55. The zero-order valence-electron chi connectivity index (χ0n) is 9.09. The van der Waals surface area contributed by atoms with Crippen LogP contribution in [0.15, 0.2) is 24.3 Å². The Hall–Kier alpha value is -1.04. The Morgan fingerprint density at radius 1 is 1.29 bits per heavy atom. The van der Waals surface area contributed by atoms with Gasteiger partial charge in [-0.1, -0.05) is 44.2 Å². The molecule has 0 heterocycles. The molecule has 0 radical (unpaired) electrons. The largest absolute Gasteiger partial charge is 0.0836 e. The van der Waals surface area contributed by atoms with Crippen LogP contribution in [-0.4, -0.2) is 0 Å². The van der Waals surface area contributed by atoms with Crippen molar-refractivity contribution in [3.05, 3.63) is 41.0 Å². The average Bonchev–Trinajstić information content (AvgIpc) is 2.17. The molecule has 14 heavy (non-hydrogen) atoms. The monoisotopic (exact) mass is 186 g/mol. The maximum absolute atomic E-state index is 2.35. The van der Waals surface area contributed by atoms with Gasteiger partial charge in [0.2, 0.25) is 0 Å². The number of allylic oxidation sites excluding steroid dienone is 1. The van der Waals surface area contributed by atoms with Gasteiger partial charge in [0.25, 0.3) is 0 Å². The fraction of sp³-hybridized carbons (Fsp3) is 0.429. The lowest BCUT2D eigenvalue weighted by Gasteiger charge is -2.12. The molecule has 1 aliphatic rings. The number of rotatable bonds is 2. The molecule has 1 aliphatic carbocycles. The summed E-state index contributed by atoms with van der Waals surface area (Å²) in [4.78, 5) is 0. The highest BCUT2D eigenvalue weighted by atomic mass is 14.1. The van der Waals surface area contributed by atoms with Crippen molar-refractivity contribution in [1.29, 1.82) is 0 Å². The summed E-state index contributed by atoms with van der Waals surface area (Å²) in [5.41, 5.74) is 4.43. The van der Waals surface area contributed by atoms with E-state index < -0.39 is 0 Å². The van der Waals surface area contributed by atoms with Gasteiger partial charge < -0.3 is 0 Å². The quantitative estimate of drug-likeness (QED) is 0.658. The fourth-order valence-electron chi connectivity index (χ4n) is 2.07. The molecule has 74 valence electrons. The topological polar surface area (TPSA) is 0 Å². The molecule has 0 nitrogen and oxygen atoms in total. The standard InChI is InChI=1S/C14H18/c1-11(2)9-12-7-8-13-5-3-4-6-14(13)10-12/h4,6-8,10-11H,3,5,9H2,1-2H3. The maximum atomic E-state index is 2.35. The molecule has 0 atom stereocenters. The molecule has 0 N–H and O–H groups in total. The second-order valence-corrected chi connectivity index (χ2v) is 4.57. The Morgan fingerprint density at radius 2 is 2.14 bits per heavy atom. The summed E-state index contributed by atoms with van der Waals surface area (Å²) in [5, 5.41) is 0. The molecule has 0 aliphatic heterocycles. The van der Waals surface area contributed by atoms with Crippen LogP contribution in [0.2, 0.25) is 0 Å². The Labute approximate surface area is 86.7 Å². The number of hydrogen-bond acceptors (Lipinski definition) is 0. The first-order valence-corrected chi connectivity index (χ1v) is 5.54. The predicted octanol–water partition coefficient (Wildman–Crippen LogP) is 3.84. The molecule has 0 saturated heterocycles. The summed E-state index contributed by atoms with van der Waals surface area (Å²) in [7, 11) is 0. The van der Waals surface area contributed by atoms with Gasteiger partial charge in [0.05, 0.1) is 0 Å². The fourth-order valence-corrected chi connectivity index (χ4v) is 2.07. The summed E-state index contributed by atoms with van der Waals surface area (Å²) >= 11 is 0. The molecule has 2 rings (SSSR count). The summed E-state index contributed by atoms with van der Waals surface area (Å²) in [6.07, 6.45) is 8.16. The molecule has 1 aromatic rings. The van der Waals surface area contributed by atoms with Crippen LogP contribution in [0.1, 0.15) is 37.0 Å². The van der Waals surface area contributed by atoms with E-state index in [0.717, 1.165) is 5.92 Å². The first-order chi connectivity index (χ1) is 6.75. The summed E-state index contributed by atoms with van der Waals surface area (Å²) in [5.74, 6) is 0.751. The zero-order chi connectivity index (χ0) is 9.97. The van der Waals surface area contributed by atoms with E-state index in [2.05, 4.69) is 44.2 Å². The van der Waals surface area contributed by atoms with Crippen molar-refractivity contribution in [2.45, 2.75) is 33.1 Å². The lowest BCUT2D eigenvalue weighted by Crippen LogP contribution is -1.98. The first-order valence-electron chi connectivity index (χ1n) is 5.54. The van der Waals surface area contributed by atoms with Gasteiger partial charge in [0.1, 0.15) is 0 Å². The molecule has 0 aromatic heterocycles. The van der Waals surface area contributed by atoms with Gasteiger partial charge in [-0.25, -0.2) is 0 Å². The van der Waals surface area contributed by atoms with Gasteiger partial charge in [0.15, 0.2) is 0 Å². The van der Waals surface area contributed by atoms with Gasteiger partial charge in [-0.2, -0.15) is 0 Å². The molecule has 0 heteroatoms. The number of aryl methyl sites for hydroxylation is 1. The second kappa shape index (κ2) is 4.00. The van der Waals surface area contributed by atoms with Crippen molar-refractivity contribution >= 4 is 6.08 Å².